The maximum absolute atomic E-state index is 5.96. The monoisotopic (exact) mass is 383 g/mol. The summed E-state index contributed by atoms with van der Waals surface area (Å²) in [5.41, 5.74) is 7.90. The molecule has 0 saturated heterocycles. The third-order valence-electron chi connectivity index (χ3n) is 2.79. The Balaban J connectivity index is 2.29. The zero-order valence-electron chi connectivity index (χ0n) is 10.6. The van der Waals surface area contributed by atoms with Crippen LogP contribution in [0.5, 0.6) is 11.5 Å². The summed E-state index contributed by atoms with van der Waals surface area (Å²) in [5.74, 6) is 1.69. The van der Waals surface area contributed by atoms with Crippen LogP contribution in [-0.2, 0) is 6.42 Å². The van der Waals surface area contributed by atoms with Gasteiger partial charge in [0.2, 0.25) is 0 Å². The molecule has 0 aliphatic rings. The summed E-state index contributed by atoms with van der Waals surface area (Å²) in [5, 5.41) is 0. The van der Waals surface area contributed by atoms with E-state index in [0.29, 0.717) is 6.54 Å². The van der Waals surface area contributed by atoms with Gasteiger partial charge in [0.1, 0.15) is 11.5 Å². The lowest BCUT2D eigenvalue weighted by Gasteiger charge is -2.12. The minimum absolute atomic E-state index is 0.603. The van der Waals surface area contributed by atoms with Crippen LogP contribution in [0.1, 0.15) is 11.1 Å². The maximum Gasteiger partial charge on any atom is 0.130 e. The van der Waals surface area contributed by atoms with Crippen LogP contribution in [0.15, 0.2) is 45.3 Å². The quantitative estimate of drug-likeness (QED) is 0.820. The molecule has 0 radical (unpaired) electrons. The van der Waals surface area contributed by atoms with Gasteiger partial charge in [0.05, 0.1) is 0 Å². The van der Waals surface area contributed by atoms with Crippen LogP contribution in [-0.4, -0.2) is 6.54 Å². The van der Waals surface area contributed by atoms with Crippen molar-refractivity contribution >= 4 is 31.9 Å². The molecule has 0 saturated carbocycles. The third kappa shape index (κ3) is 3.81. The molecule has 0 amide bonds. The molecule has 2 aromatic rings. The summed E-state index contributed by atoms with van der Waals surface area (Å²) in [6.45, 7) is 2.64. The van der Waals surface area contributed by atoms with Gasteiger partial charge < -0.3 is 10.5 Å². The van der Waals surface area contributed by atoms with Crippen molar-refractivity contribution in [3.63, 3.8) is 0 Å². The van der Waals surface area contributed by atoms with Crippen molar-refractivity contribution in [2.24, 2.45) is 5.73 Å². The van der Waals surface area contributed by atoms with Gasteiger partial charge in [-0.1, -0.05) is 31.9 Å². The van der Waals surface area contributed by atoms with Crippen molar-refractivity contribution in [3.05, 3.63) is 56.5 Å². The van der Waals surface area contributed by atoms with E-state index in [0.717, 1.165) is 38.0 Å². The van der Waals surface area contributed by atoms with Crippen LogP contribution in [0.2, 0.25) is 0 Å². The first-order chi connectivity index (χ1) is 9.10. The minimum atomic E-state index is 0.603. The van der Waals surface area contributed by atoms with Crippen LogP contribution in [0.4, 0.5) is 0 Å². The predicted octanol–water partition coefficient (Wildman–Crippen LogP) is 4.81. The topological polar surface area (TPSA) is 35.2 Å². The highest BCUT2D eigenvalue weighted by molar-refractivity contribution is 9.10. The Hall–Kier alpha value is -0.840. The largest absolute Gasteiger partial charge is 0.457 e. The number of halogens is 2. The Morgan fingerprint density at radius 3 is 2.58 bits per heavy atom. The van der Waals surface area contributed by atoms with E-state index in [1.807, 2.05) is 43.3 Å². The molecule has 2 nitrogen and oxygen atoms in total. The van der Waals surface area contributed by atoms with Gasteiger partial charge in [-0.2, -0.15) is 0 Å². The predicted molar refractivity (Wildman–Crippen MR) is 85.9 cm³/mol. The van der Waals surface area contributed by atoms with Gasteiger partial charge >= 0.3 is 0 Å². The molecule has 2 N–H and O–H groups in total. The second-order valence-electron chi connectivity index (χ2n) is 4.30. The number of ether oxygens (including phenoxy) is 1. The number of aryl methyl sites for hydroxylation is 1. The molecule has 0 heterocycles. The van der Waals surface area contributed by atoms with Gasteiger partial charge in [-0.15, -0.1) is 0 Å². The zero-order valence-corrected chi connectivity index (χ0v) is 13.8. The summed E-state index contributed by atoms with van der Waals surface area (Å²) < 4.78 is 8.07. The lowest BCUT2D eigenvalue weighted by molar-refractivity contribution is 0.475. The second kappa shape index (κ2) is 6.55. The normalized spacial score (nSPS) is 10.5. The summed E-state index contributed by atoms with van der Waals surface area (Å²) in [7, 11) is 0. The average Bonchev–Trinajstić information content (AvgIpc) is 2.37. The Morgan fingerprint density at radius 2 is 1.89 bits per heavy atom. The molecule has 0 aliphatic heterocycles. The summed E-state index contributed by atoms with van der Waals surface area (Å²) in [6, 6.07) is 11.9. The van der Waals surface area contributed by atoms with E-state index < -0.39 is 0 Å². The summed E-state index contributed by atoms with van der Waals surface area (Å²) in [4.78, 5) is 0. The molecule has 4 heteroatoms. The molecule has 0 atom stereocenters. The van der Waals surface area contributed by atoms with Crippen molar-refractivity contribution in [1.82, 2.24) is 0 Å². The fourth-order valence-electron chi connectivity index (χ4n) is 1.81. The molecule has 0 fully saturated rings. The van der Waals surface area contributed by atoms with Crippen LogP contribution in [0.25, 0.3) is 0 Å². The van der Waals surface area contributed by atoms with Crippen LogP contribution < -0.4 is 10.5 Å². The van der Waals surface area contributed by atoms with E-state index in [1.165, 1.54) is 0 Å². The van der Waals surface area contributed by atoms with E-state index >= 15 is 0 Å². The first kappa shape index (κ1) is 14.6. The van der Waals surface area contributed by atoms with E-state index in [2.05, 4.69) is 31.9 Å². The van der Waals surface area contributed by atoms with Crippen molar-refractivity contribution in [2.45, 2.75) is 13.3 Å². The Morgan fingerprint density at radius 1 is 1.11 bits per heavy atom. The number of benzene rings is 2. The molecular weight excluding hydrogens is 370 g/mol. The van der Waals surface area contributed by atoms with E-state index in [4.69, 9.17) is 10.5 Å². The first-order valence-corrected chi connectivity index (χ1v) is 7.61. The lowest BCUT2D eigenvalue weighted by Crippen LogP contribution is -2.04. The highest BCUT2D eigenvalue weighted by Crippen LogP contribution is 2.30. The van der Waals surface area contributed by atoms with Crippen molar-refractivity contribution in [1.29, 1.82) is 0 Å². The van der Waals surface area contributed by atoms with E-state index in [1.54, 1.807) is 0 Å². The molecular formula is C15H15Br2NO. The molecule has 0 aliphatic carbocycles. The van der Waals surface area contributed by atoms with Gasteiger partial charge in [-0.3, -0.25) is 0 Å². The molecule has 2 rings (SSSR count). The van der Waals surface area contributed by atoms with Gasteiger partial charge in [0, 0.05) is 8.95 Å². The van der Waals surface area contributed by atoms with Crippen molar-refractivity contribution in [3.8, 4) is 11.5 Å². The Bertz CT molecular complexity index is 584. The van der Waals surface area contributed by atoms with E-state index in [9.17, 15) is 0 Å². The standard InChI is InChI=1S/C15H15Br2NO/c1-10-8-13(3-4-14(10)17)19-15-5-2-12(16)9-11(15)6-7-18/h2-5,8-9H,6-7,18H2,1H3. The zero-order chi connectivity index (χ0) is 13.8. The smallest absolute Gasteiger partial charge is 0.130 e. The number of hydrogen-bond acceptors (Lipinski definition) is 2. The number of nitrogens with two attached hydrogens (primary N) is 1. The maximum atomic E-state index is 5.96. The SMILES string of the molecule is Cc1cc(Oc2ccc(Br)cc2CCN)ccc1Br. The minimum Gasteiger partial charge on any atom is -0.457 e. The molecule has 0 bridgehead atoms. The van der Waals surface area contributed by atoms with E-state index in [-0.39, 0.29) is 0 Å². The van der Waals surface area contributed by atoms with Crippen LogP contribution >= 0.6 is 31.9 Å². The molecule has 0 spiro atoms. The fourth-order valence-corrected chi connectivity index (χ4v) is 2.46. The second-order valence-corrected chi connectivity index (χ2v) is 6.07. The molecule has 100 valence electrons. The van der Waals surface area contributed by atoms with Gasteiger partial charge in [-0.05, 0) is 67.4 Å². The summed E-state index contributed by atoms with van der Waals surface area (Å²) >= 11 is 6.96. The number of rotatable bonds is 4. The highest BCUT2D eigenvalue weighted by atomic mass is 79.9. The van der Waals surface area contributed by atoms with Gasteiger partial charge in [0.25, 0.3) is 0 Å². The average molecular weight is 385 g/mol. The molecule has 0 unspecified atom stereocenters. The number of hydrogen-bond donors (Lipinski definition) is 1. The van der Waals surface area contributed by atoms with Crippen molar-refractivity contribution < 1.29 is 4.74 Å². The highest BCUT2D eigenvalue weighted by Gasteiger charge is 2.06. The molecule has 2 aromatic carbocycles. The van der Waals surface area contributed by atoms with Crippen molar-refractivity contribution in [2.75, 3.05) is 6.54 Å². The van der Waals surface area contributed by atoms with Gasteiger partial charge in [0.15, 0.2) is 0 Å². The Labute approximate surface area is 130 Å². The Kier molecular flexibility index (Phi) is 5.02. The lowest BCUT2D eigenvalue weighted by atomic mass is 10.1. The summed E-state index contributed by atoms with van der Waals surface area (Å²) in [6.07, 6.45) is 0.796. The molecule has 19 heavy (non-hydrogen) atoms. The van der Waals surface area contributed by atoms with Crippen LogP contribution in [0, 0.1) is 6.92 Å². The molecule has 0 aromatic heterocycles. The third-order valence-corrected chi connectivity index (χ3v) is 4.18. The first-order valence-electron chi connectivity index (χ1n) is 6.02. The fraction of sp³-hybridized carbons (Fsp3) is 0.200. The van der Waals surface area contributed by atoms with Gasteiger partial charge in [-0.25, -0.2) is 0 Å². The van der Waals surface area contributed by atoms with Crippen LogP contribution in [0.3, 0.4) is 0 Å².